The number of carbonyl (C=O) groups is 1. The molecule has 1 rings (SSSR count). The SMILES string of the molecule is CCC(C)(NC1CCCCC1)C(=O)OC. The quantitative estimate of drug-likeness (QED) is 0.728. The van der Waals surface area contributed by atoms with Gasteiger partial charge in [-0.3, -0.25) is 10.1 Å². The lowest BCUT2D eigenvalue weighted by molar-refractivity contribution is -0.148. The van der Waals surface area contributed by atoms with E-state index in [1.54, 1.807) is 0 Å². The Balaban J connectivity index is 2.54. The third-order valence-electron chi connectivity index (χ3n) is 3.47. The van der Waals surface area contributed by atoms with Gasteiger partial charge in [-0.05, 0) is 26.2 Å². The second-order valence-corrected chi connectivity index (χ2v) is 4.66. The van der Waals surface area contributed by atoms with Crippen molar-refractivity contribution in [3.63, 3.8) is 0 Å². The fraction of sp³-hybridized carbons (Fsp3) is 0.917. The molecule has 1 saturated carbocycles. The summed E-state index contributed by atoms with van der Waals surface area (Å²) < 4.78 is 4.85. The molecule has 15 heavy (non-hydrogen) atoms. The molecule has 0 spiro atoms. The van der Waals surface area contributed by atoms with Gasteiger partial charge >= 0.3 is 5.97 Å². The van der Waals surface area contributed by atoms with Gasteiger partial charge < -0.3 is 4.74 Å². The highest BCUT2D eigenvalue weighted by Crippen LogP contribution is 2.21. The van der Waals surface area contributed by atoms with Crippen LogP contribution in [0.3, 0.4) is 0 Å². The molecular formula is C12H23NO2. The number of nitrogens with one attached hydrogen (secondary N) is 1. The normalized spacial score (nSPS) is 22.1. The van der Waals surface area contributed by atoms with E-state index in [1.165, 1.54) is 39.2 Å². The number of hydrogen-bond donors (Lipinski definition) is 1. The van der Waals surface area contributed by atoms with E-state index in [1.807, 2.05) is 13.8 Å². The van der Waals surface area contributed by atoms with Gasteiger partial charge in [-0.1, -0.05) is 26.2 Å². The van der Waals surface area contributed by atoms with Gasteiger partial charge in [0.25, 0.3) is 0 Å². The average Bonchev–Trinajstić information content (AvgIpc) is 2.29. The zero-order chi connectivity index (χ0) is 11.3. The lowest BCUT2D eigenvalue weighted by Gasteiger charge is -2.33. The zero-order valence-electron chi connectivity index (χ0n) is 10.1. The van der Waals surface area contributed by atoms with Crippen LogP contribution in [0.2, 0.25) is 0 Å². The molecule has 1 N–H and O–H groups in total. The molecule has 0 bridgehead atoms. The maximum atomic E-state index is 11.7. The van der Waals surface area contributed by atoms with Gasteiger partial charge in [0, 0.05) is 6.04 Å². The Hall–Kier alpha value is -0.570. The summed E-state index contributed by atoms with van der Waals surface area (Å²) in [6.07, 6.45) is 7.03. The third-order valence-corrected chi connectivity index (χ3v) is 3.47. The van der Waals surface area contributed by atoms with Crippen LogP contribution in [0.5, 0.6) is 0 Å². The molecule has 0 aliphatic heterocycles. The first kappa shape index (κ1) is 12.5. The highest BCUT2D eigenvalue weighted by atomic mass is 16.5. The first-order valence-electron chi connectivity index (χ1n) is 5.98. The van der Waals surface area contributed by atoms with E-state index in [0.29, 0.717) is 6.04 Å². The maximum absolute atomic E-state index is 11.7. The standard InChI is InChI=1S/C12H23NO2/c1-4-12(2,11(14)15-3)13-10-8-6-5-7-9-10/h10,13H,4-9H2,1-3H3. The Bertz CT molecular complexity index is 212. The summed E-state index contributed by atoms with van der Waals surface area (Å²) in [5.41, 5.74) is -0.503. The van der Waals surface area contributed by atoms with Crippen molar-refractivity contribution in [3.05, 3.63) is 0 Å². The summed E-state index contributed by atoms with van der Waals surface area (Å²) in [7, 11) is 1.46. The van der Waals surface area contributed by atoms with Crippen LogP contribution in [0.25, 0.3) is 0 Å². The molecule has 1 aliphatic rings. The highest BCUT2D eigenvalue weighted by molar-refractivity contribution is 5.80. The van der Waals surface area contributed by atoms with Gasteiger partial charge in [-0.15, -0.1) is 0 Å². The fourth-order valence-corrected chi connectivity index (χ4v) is 2.23. The van der Waals surface area contributed by atoms with Crippen molar-refractivity contribution < 1.29 is 9.53 Å². The Kier molecular flexibility index (Phi) is 4.58. The summed E-state index contributed by atoms with van der Waals surface area (Å²) >= 11 is 0. The molecule has 0 radical (unpaired) electrons. The Morgan fingerprint density at radius 2 is 2.00 bits per heavy atom. The number of ether oxygens (including phenoxy) is 1. The van der Waals surface area contributed by atoms with Crippen molar-refractivity contribution in [2.24, 2.45) is 0 Å². The van der Waals surface area contributed by atoms with E-state index < -0.39 is 5.54 Å². The molecule has 1 atom stereocenters. The summed E-state index contributed by atoms with van der Waals surface area (Å²) in [5, 5.41) is 3.46. The molecule has 3 nitrogen and oxygen atoms in total. The monoisotopic (exact) mass is 213 g/mol. The van der Waals surface area contributed by atoms with E-state index >= 15 is 0 Å². The number of carbonyl (C=O) groups excluding carboxylic acids is 1. The predicted octanol–water partition coefficient (Wildman–Crippen LogP) is 2.25. The summed E-state index contributed by atoms with van der Waals surface area (Å²) in [4.78, 5) is 11.7. The third kappa shape index (κ3) is 3.20. The molecule has 88 valence electrons. The van der Waals surface area contributed by atoms with Crippen molar-refractivity contribution in [1.29, 1.82) is 0 Å². The van der Waals surface area contributed by atoms with Gasteiger partial charge in [-0.25, -0.2) is 0 Å². The van der Waals surface area contributed by atoms with Crippen molar-refractivity contribution >= 4 is 5.97 Å². The van der Waals surface area contributed by atoms with Crippen molar-refractivity contribution in [3.8, 4) is 0 Å². The van der Waals surface area contributed by atoms with E-state index in [-0.39, 0.29) is 5.97 Å². The van der Waals surface area contributed by atoms with Crippen LogP contribution in [0.1, 0.15) is 52.4 Å². The van der Waals surface area contributed by atoms with Crippen molar-refractivity contribution in [2.45, 2.75) is 64.0 Å². The minimum atomic E-state index is -0.503. The van der Waals surface area contributed by atoms with Crippen LogP contribution in [0, 0.1) is 0 Å². The topological polar surface area (TPSA) is 38.3 Å². The van der Waals surface area contributed by atoms with Crippen LogP contribution >= 0.6 is 0 Å². The minimum absolute atomic E-state index is 0.143. The molecule has 0 saturated heterocycles. The van der Waals surface area contributed by atoms with Crippen LogP contribution in [0.15, 0.2) is 0 Å². The van der Waals surface area contributed by atoms with Crippen molar-refractivity contribution in [1.82, 2.24) is 5.32 Å². The van der Waals surface area contributed by atoms with Crippen LogP contribution in [0.4, 0.5) is 0 Å². The number of hydrogen-bond acceptors (Lipinski definition) is 3. The Morgan fingerprint density at radius 3 is 2.47 bits per heavy atom. The smallest absolute Gasteiger partial charge is 0.325 e. The molecule has 1 fully saturated rings. The van der Waals surface area contributed by atoms with Gasteiger partial charge in [0.05, 0.1) is 7.11 Å². The minimum Gasteiger partial charge on any atom is -0.468 e. The van der Waals surface area contributed by atoms with E-state index in [2.05, 4.69) is 5.32 Å². The first-order valence-corrected chi connectivity index (χ1v) is 5.98. The molecular weight excluding hydrogens is 190 g/mol. The number of rotatable bonds is 4. The number of methoxy groups -OCH3 is 1. The molecule has 0 aromatic rings. The summed E-state index contributed by atoms with van der Waals surface area (Å²) in [5.74, 6) is -0.143. The van der Waals surface area contributed by atoms with Gasteiger partial charge in [-0.2, -0.15) is 0 Å². The van der Waals surface area contributed by atoms with E-state index in [9.17, 15) is 4.79 Å². The van der Waals surface area contributed by atoms with Crippen molar-refractivity contribution in [2.75, 3.05) is 7.11 Å². The van der Waals surface area contributed by atoms with Crippen LogP contribution in [-0.2, 0) is 9.53 Å². The molecule has 1 aliphatic carbocycles. The second-order valence-electron chi connectivity index (χ2n) is 4.66. The lowest BCUT2D eigenvalue weighted by atomic mass is 9.91. The van der Waals surface area contributed by atoms with Gasteiger partial charge in [0.15, 0.2) is 0 Å². The maximum Gasteiger partial charge on any atom is 0.325 e. The van der Waals surface area contributed by atoms with E-state index in [0.717, 1.165) is 6.42 Å². The lowest BCUT2D eigenvalue weighted by Crippen LogP contribution is -2.54. The molecule has 0 heterocycles. The van der Waals surface area contributed by atoms with Gasteiger partial charge in [0.2, 0.25) is 0 Å². The molecule has 0 amide bonds. The molecule has 0 aromatic heterocycles. The molecule has 3 heteroatoms. The van der Waals surface area contributed by atoms with Crippen LogP contribution < -0.4 is 5.32 Å². The highest BCUT2D eigenvalue weighted by Gasteiger charge is 2.34. The second kappa shape index (κ2) is 5.50. The Morgan fingerprint density at radius 1 is 1.40 bits per heavy atom. The number of esters is 1. The largest absolute Gasteiger partial charge is 0.468 e. The first-order chi connectivity index (χ1) is 7.12. The predicted molar refractivity (Wildman–Crippen MR) is 60.7 cm³/mol. The molecule has 1 unspecified atom stereocenters. The Labute approximate surface area is 92.6 Å². The summed E-state index contributed by atoms with van der Waals surface area (Å²) in [6, 6.07) is 0.489. The zero-order valence-corrected chi connectivity index (χ0v) is 10.1. The van der Waals surface area contributed by atoms with Crippen LogP contribution in [-0.4, -0.2) is 24.7 Å². The van der Waals surface area contributed by atoms with Gasteiger partial charge in [0.1, 0.15) is 5.54 Å². The molecule has 0 aromatic carbocycles. The fourth-order valence-electron chi connectivity index (χ4n) is 2.23. The average molecular weight is 213 g/mol. The van der Waals surface area contributed by atoms with E-state index in [4.69, 9.17) is 4.74 Å². The summed E-state index contributed by atoms with van der Waals surface area (Å²) in [6.45, 7) is 3.96.